The van der Waals surface area contributed by atoms with Gasteiger partial charge in [-0.25, -0.2) is 19.6 Å². The van der Waals surface area contributed by atoms with Gasteiger partial charge in [-0.1, -0.05) is 27.2 Å². The minimum atomic E-state index is 0.411. The van der Waals surface area contributed by atoms with Crippen molar-refractivity contribution in [1.29, 1.82) is 0 Å². The smallest absolute Gasteiger partial charge is 0.211 e. The Kier molecular flexibility index (Phi) is 10.1. The molecule has 102 valence electrons. The van der Waals surface area contributed by atoms with Gasteiger partial charge in [0.25, 0.3) is 0 Å². The Balaban J connectivity index is 4.01. The van der Waals surface area contributed by atoms with Crippen molar-refractivity contribution in [2.24, 2.45) is 27.7 Å². The summed E-state index contributed by atoms with van der Waals surface area (Å²) < 4.78 is 0. The number of nitrogens with zero attached hydrogens (tertiary/aromatic N) is 2. The number of isocyanates is 2. The first-order valence-electron chi connectivity index (χ1n) is 6.72. The van der Waals surface area contributed by atoms with Crippen molar-refractivity contribution in [1.82, 2.24) is 0 Å². The molecule has 0 fully saturated rings. The molecule has 0 aromatic heterocycles. The zero-order chi connectivity index (χ0) is 13.8. The van der Waals surface area contributed by atoms with Crippen LogP contribution in [0.25, 0.3) is 0 Å². The Morgan fingerprint density at radius 2 is 1.72 bits per heavy atom. The maximum Gasteiger partial charge on any atom is 0.234 e. The van der Waals surface area contributed by atoms with Gasteiger partial charge in [0, 0.05) is 0 Å². The molecule has 0 saturated heterocycles. The van der Waals surface area contributed by atoms with Crippen LogP contribution in [0.15, 0.2) is 9.98 Å². The van der Waals surface area contributed by atoms with Crippen LogP contribution in [-0.2, 0) is 9.59 Å². The Morgan fingerprint density at radius 1 is 1.06 bits per heavy atom. The Labute approximate surface area is 110 Å². The molecule has 0 amide bonds. The molecule has 0 heterocycles. The van der Waals surface area contributed by atoms with Gasteiger partial charge in [-0.05, 0) is 37.0 Å². The number of hydrogen-bond acceptors (Lipinski definition) is 4. The monoisotopic (exact) mass is 252 g/mol. The van der Waals surface area contributed by atoms with E-state index >= 15 is 0 Å². The van der Waals surface area contributed by atoms with Crippen molar-refractivity contribution in [2.75, 3.05) is 13.1 Å². The first kappa shape index (κ1) is 16.8. The van der Waals surface area contributed by atoms with E-state index in [0.717, 1.165) is 25.7 Å². The van der Waals surface area contributed by atoms with Gasteiger partial charge in [0.2, 0.25) is 12.2 Å². The van der Waals surface area contributed by atoms with Gasteiger partial charge in [0.1, 0.15) is 0 Å². The highest BCUT2D eigenvalue weighted by Crippen LogP contribution is 2.25. The number of aliphatic imine (C=N–C) groups is 2. The Bertz CT molecular complexity index is 305. The number of rotatable bonds is 10. The van der Waals surface area contributed by atoms with Crippen LogP contribution in [-0.4, -0.2) is 25.2 Å². The zero-order valence-corrected chi connectivity index (χ0v) is 11.7. The summed E-state index contributed by atoms with van der Waals surface area (Å²) >= 11 is 0. The maximum atomic E-state index is 10.1. The van der Waals surface area contributed by atoms with Crippen molar-refractivity contribution in [3.8, 4) is 0 Å². The molecule has 0 radical (unpaired) electrons. The number of carbonyl (C=O) groups excluding carboxylic acids is 2. The summed E-state index contributed by atoms with van der Waals surface area (Å²) in [7, 11) is 0. The quantitative estimate of drug-likeness (QED) is 0.341. The fraction of sp³-hybridized carbons (Fsp3) is 0.857. The van der Waals surface area contributed by atoms with Crippen LogP contribution in [0, 0.1) is 17.8 Å². The lowest BCUT2D eigenvalue weighted by Crippen LogP contribution is -2.15. The molecule has 3 unspecified atom stereocenters. The molecule has 0 aliphatic carbocycles. The molecular weight excluding hydrogens is 228 g/mol. The second-order valence-electron chi connectivity index (χ2n) is 5.01. The van der Waals surface area contributed by atoms with Gasteiger partial charge >= 0.3 is 0 Å². The van der Waals surface area contributed by atoms with Crippen LogP contribution in [0.4, 0.5) is 0 Å². The highest BCUT2D eigenvalue weighted by molar-refractivity contribution is 5.33. The lowest BCUT2D eigenvalue weighted by molar-refractivity contribution is 0.289. The molecule has 0 bridgehead atoms. The van der Waals surface area contributed by atoms with E-state index in [1.807, 2.05) is 0 Å². The van der Waals surface area contributed by atoms with E-state index in [0.29, 0.717) is 30.8 Å². The van der Waals surface area contributed by atoms with Crippen molar-refractivity contribution >= 4 is 12.2 Å². The zero-order valence-electron chi connectivity index (χ0n) is 11.7. The fourth-order valence-electron chi connectivity index (χ4n) is 2.11. The van der Waals surface area contributed by atoms with E-state index in [4.69, 9.17) is 0 Å². The van der Waals surface area contributed by atoms with E-state index in [2.05, 4.69) is 30.8 Å². The van der Waals surface area contributed by atoms with Crippen molar-refractivity contribution in [3.05, 3.63) is 0 Å². The van der Waals surface area contributed by atoms with Gasteiger partial charge < -0.3 is 0 Å². The molecule has 0 aliphatic heterocycles. The number of hydrogen-bond donors (Lipinski definition) is 0. The van der Waals surface area contributed by atoms with Gasteiger partial charge in [0.15, 0.2) is 0 Å². The Morgan fingerprint density at radius 3 is 2.28 bits per heavy atom. The lowest BCUT2D eigenvalue weighted by atomic mass is 9.84. The van der Waals surface area contributed by atoms with Gasteiger partial charge in [0.05, 0.1) is 13.1 Å². The van der Waals surface area contributed by atoms with Crippen molar-refractivity contribution in [2.45, 2.75) is 46.5 Å². The van der Waals surface area contributed by atoms with E-state index in [1.54, 1.807) is 12.2 Å². The summed E-state index contributed by atoms with van der Waals surface area (Å²) in [5, 5.41) is 0. The van der Waals surface area contributed by atoms with E-state index in [-0.39, 0.29) is 0 Å². The molecule has 18 heavy (non-hydrogen) atoms. The topological polar surface area (TPSA) is 58.9 Å². The van der Waals surface area contributed by atoms with Crippen molar-refractivity contribution in [3.63, 3.8) is 0 Å². The van der Waals surface area contributed by atoms with Gasteiger partial charge in [-0.2, -0.15) is 0 Å². The lowest BCUT2D eigenvalue weighted by Gasteiger charge is -2.23. The third kappa shape index (κ3) is 7.94. The fourth-order valence-corrected chi connectivity index (χ4v) is 2.11. The molecule has 0 saturated carbocycles. The molecule has 3 atom stereocenters. The molecule has 4 nitrogen and oxygen atoms in total. The molecule has 0 aromatic rings. The van der Waals surface area contributed by atoms with Crippen LogP contribution in [0.3, 0.4) is 0 Å². The van der Waals surface area contributed by atoms with Gasteiger partial charge in [-0.15, -0.1) is 0 Å². The summed E-state index contributed by atoms with van der Waals surface area (Å²) in [4.78, 5) is 27.3. The molecule has 0 N–H and O–H groups in total. The minimum absolute atomic E-state index is 0.411. The standard InChI is InChI=1S/C14H24N2O2/c1-4-14(6-5-7-15-10-17)8-12(2)13(3)9-16-11-18/h12-14H,4-9H2,1-3H3. The van der Waals surface area contributed by atoms with Gasteiger partial charge in [-0.3, -0.25) is 0 Å². The predicted octanol–water partition coefficient (Wildman–Crippen LogP) is 3.13. The molecule has 0 rings (SSSR count). The summed E-state index contributed by atoms with van der Waals surface area (Å²) in [6, 6.07) is 0. The van der Waals surface area contributed by atoms with E-state index in [1.165, 1.54) is 0 Å². The van der Waals surface area contributed by atoms with Crippen LogP contribution >= 0.6 is 0 Å². The summed E-state index contributed by atoms with van der Waals surface area (Å²) in [6.07, 6.45) is 7.48. The molecule has 0 aliphatic rings. The molecular formula is C14H24N2O2. The second-order valence-corrected chi connectivity index (χ2v) is 5.01. The maximum absolute atomic E-state index is 10.1. The van der Waals surface area contributed by atoms with Crippen LogP contribution in [0.5, 0.6) is 0 Å². The highest BCUT2D eigenvalue weighted by atomic mass is 16.1. The minimum Gasteiger partial charge on any atom is -0.211 e. The molecule has 4 heteroatoms. The average Bonchev–Trinajstić information content (AvgIpc) is 2.39. The summed E-state index contributed by atoms with van der Waals surface area (Å²) in [5.74, 6) is 1.61. The largest absolute Gasteiger partial charge is 0.234 e. The summed E-state index contributed by atoms with van der Waals surface area (Å²) in [5.41, 5.74) is 0. The second kappa shape index (κ2) is 10.9. The highest BCUT2D eigenvalue weighted by Gasteiger charge is 2.16. The third-order valence-electron chi connectivity index (χ3n) is 3.64. The first-order chi connectivity index (χ1) is 8.65. The van der Waals surface area contributed by atoms with Crippen LogP contribution < -0.4 is 0 Å². The average molecular weight is 252 g/mol. The summed E-state index contributed by atoms with van der Waals surface area (Å²) in [6.45, 7) is 7.66. The normalized spacial score (nSPS) is 15.1. The van der Waals surface area contributed by atoms with E-state index < -0.39 is 0 Å². The Hall–Kier alpha value is -1.24. The van der Waals surface area contributed by atoms with Crippen LogP contribution in [0.1, 0.15) is 46.5 Å². The van der Waals surface area contributed by atoms with E-state index in [9.17, 15) is 9.59 Å². The molecule has 0 aromatic carbocycles. The third-order valence-corrected chi connectivity index (χ3v) is 3.64. The SMILES string of the molecule is CCC(CCCN=C=O)CC(C)C(C)CN=C=O. The first-order valence-corrected chi connectivity index (χ1v) is 6.72. The predicted molar refractivity (Wildman–Crippen MR) is 71.9 cm³/mol. The van der Waals surface area contributed by atoms with Crippen molar-refractivity contribution < 1.29 is 9.59 Å². The van der Waals surface area contributed by atoms with Crippen LogP contribution in [0.2, 0.25) is 0 Å². The molecule has 0 spiro atoms.